The molecule has 1 saturated carbocycles. The first-order valence-corrected chi connectivity index (χ1v) is 7.35. The molecular weight excluding hydrogens is 336 g/mol. The number of carboxylic acid groups (broad SMARTS) is 1. The van der Waals surface area contributed by atoms with Gasteiger partial charge in [-0.3, -0.25) is 0 Å². The van der Waals surface area contributed by atoms with Crippen LogP contribution in [0.15, 0.2) is 24.3 Å². The maximum Gasteiger partial charge on any atom is 0.348 e. The molecule has 0 heterocycles. The zero-order chi connectivity index (χ0) is 18.8. The average molecular weight is 354 g/mol. The highest BCUT2D eigenvalue weighted by Gasteiger charge is 2.52. The van der Waals surface area contributed by atoms with Crippen LogP contribution < -0.4 is 0 Å². The first-order chi connectivity index (χ1) is 11.6. The van der Waals surface area contributed by atoms with Gasteiger partial charge in [0.1, 0.15) is 6.10 Å². The molecule has 0 saturated heterocycles. The van der Waals surface area contributed by atoms with Gasteiger partial charge in [0.15, 0.2) is 11.5 Å². The Morgan fingerprint density at radius 3 is 2.20 bits per heavy atom. The molecule has 9 heteroatoms. The Kier molecular flexibility index (Phi) is 5.31. The molecule has 1 aliphatic rings. The molecule has 1 aromatic carbocycles. The van der Waals surface area contributed by atoms with Crippen LogP contribution in [0.3, 0.4) is 0 Å². The van der Waals surface area contributed by atoms with Crippen molar-refractivity contribution >= 4 is 18.0 Å². The van der Waals surface area contributed by atoms with Gasteiger partial charge in [-0.25, -0.2) is 9.59 Å². The second-order valence-electron chi connectivity index (χ2n) is 5.84. The van der Waals surface area contributed by atoms with E-state index in [2.05, 4.69) is 0 Å². The van der Waals surface area contributed by atoms with E-state index in [1.165, 1.54) is 24.3 Å². The summed E-state index contributed by atoms with van der Waals surface area (Å²) in [6.07, 6.45) is -3.67. The Bertz CT molecular complexity index is 685. The Balaban J connectivity index is 2.14. The number of hydrogen-bond donors (Lipinski definition) is 6. The van der Waals surface area contributed by atoms with Gasteiger partial charge in [-0.05, 0) is 23.8 Å². The number of carboxylic acids is 1. The molecule has 0 radical (unpaired) electrons. The summed E-state index contributed by atoms with van der Waals surface area (Å²) < 4.78 is 4.94. The molecule has 6 N–H and O–H groups in total. The molecule has 1 aliphatic carbocycles. The van der Waals surface area contributed by atoms with Crippen molar-refractivity contribution in [1.29, 1.82) is 0 Å². The normalized spacial score (nSPS) is 29.5. The van der Waals surface area contributed by atoms with Gasteiger partial charge in [-0.2, -0.15) is 0 Å². The molecule has 0 bridgehead atoms. The zero-order valence-corrected chi connectivity index (χ0v) is 12.9. The number of carbonyl (C=O) groups excluding carboxylic acids is 1. The number of carbonyl (C=O) groups is 2. The van der Waals surface area contributed by atoms with Crippen molar-refractivity contribution in [1.82, 2.24) is 0 Å². The van der Waals surface area contributed by atoms with Crippen molar-refractivity contribution in [3.8, 4) is 11.5 Å². The van der Waals surface area contributed by atoms with Crippen molar-refractivity contribution in [2.24, 2.45) is 0 Å². The van der Waals surface area contributed by atoms with Crippen molar-refractivity contribution in [3.63, 3.8) is 0 Å². The fourth-order valence-electron chi connectivity index (χ4n) is 2.59. The van der Waals surface area contributed by atoms with E-state index in [1.54, 1.807) is 0 Å². The Labute approximate surface area is 142 Å². The summed E-state index contributed by atoms with van der Waals surface area (Å²) in [6, 6.07) is 3.78. The number of aromatic hydroxyl groups is 2. The van der Waals surface area contributed by atoms with Gasteiger partial charge >= 0.3 is 11.9 Å². The number of phenolic OH excluding ortho intramolecular Hbond substituents is 2. The first kappa shape index (κ1) is 18.7. The molecule has 136 valence electrons. The molecule has 2 rings (SSSR count). The predicted octanol–water partition coefficient (Wildman–Crippen LogP) is -0.646. The minimum absolute atomic E-state index is 0.340. The minimum atomic E-state index is -2.17. The molecule has 0 spiro atoms. The summed E-state index contributed by atoms with van der Waals surface area (Å²) >= 11 is 0. The van der Waals surface area contributed by atoms with Gasteiger partial charge in [0, 0.05) is 18.9 Å². The third-order valence-electron chi connectivity index (χ3n) is 3.96. The maximum atomic E-state index is 11.9. The second-order valence-corrected chi connectivity index (χ2v) is 5.84. The molecule has 1 fully saturated rings. The summed E-state index contributed by atoms with van der Waals surface area (Å²) in [4.78, 5) is 23.4. The number of rotatable bonds is 4. The smallest absolute Gasteiger partial charge is 0.348 e. The molecule has 2 atom stereocenters. The third-order valence-corrected chi connectivity index (χ3v) is 3.96. The Hall–Kier alpha value is -2.62. The number of aliphatic hydroxyl groups excluding tert-OH is 3. The largest absolute Gasteiger partial charge is 0.504 e. The van der Waals surface area contributed by atoms with Crippen molar-refractivity contribution in [2.45, 2.75) is 36.8 Å². The van der Waals surface area contributed by atoms with E-state index in [0.29, 0.717) is 5.56 Å². The van der Waals surface area contributed by atoms with Crippen LogP contribution in [0.1, 0.15) is 18.4 Å². The lowest BCUT2D eigenvalue weighted by molar-refractivity contribution is -0.201. The fourth-order valence-corrected chi connectivity index (χ4v) is 2.59. The second kappa shape index (κ2) is 7.09. The number of hydrogen-bond acceptors (Lipinski definition) is 8. The van der Waals surface area contributed by atoms with Gasteiger partial charge in [0.05, 0.1) is 12.2 Å². The zero-order valence-electron chi connectivity index (χ0n) is 12.9. The van der Waals surface area contributed by atoms with Crippen molar-refractivity contribution < 1.29 is 45.0 Å². The minimum Gasteiger partial charge on any atom is -0.504 e. The number of aliphatic carboxylic acids is 1. The molecular formula is C16H18O9. The maximum absolute atomic E-state index is 11.9. The van der Waals surface area contributed by atoms with Crippen LogP contribution in [0.25, 0.3) is 6.08 Å². The lowest BCUT2D eigenvalue weighted by atomic mass is 9.79. The molecule has 0 amide bonds. The predicted molar refractivity (Wildman–Crippen MR) is 82.5 cm³/mol. The van der Waals surface area contributed by atoms with E-state index in [0.717, 1.165) is 6.08 Å². The van der Waals surface area contributed by atoms with E-state index in [1.807, 2.05) is 0 Å². The lowest BCUT2D eigenvalue weighted by Gasteiger charge is -2.39. The highest BCUT2D eigenvalue weighted by Crippen LogP contribution is 2.33. The molecule has 9 nitrogen and oxygen atoms in total. The fraction of sp³-hybridized carbons (Fsp3) is 0.375. The SMILES string of the molecule is O=C(/C=C\c1ccc(O)c(O)c1)OC1(C(=O)O)C[C@@H](O)C(O)[C@H](O)C1. The highest BCUT2D eigenvalue weighted by atomic mass is 16.6. The van der Waals surface area contributed by atoms with E-state index in [-0.39, 0.29) is 5.75 Å². The van der Waals surface area contributed by atoms with E-state index >= 15 is 0 Å². The van der Waals surface area contributed by atoms with Crippen LogP contribution in [0, 0.1) is 0 Å². The molecule has 0 aromatic heterocycles. The molecule has 1 aromatic rings. The van der Waals surface area contributed by atoms with E-state index < -0.39 is 54.4 Å². The van der Waals surface area contributed by atoms with Crippen molar-refractivity contribution in [2.75, 3.05) is 0 Å². The highest BCUT2D eigenvalue weighted by molar-refractivity contribution is 5.90. The molecule has 25 heavy (non-hydrogen) atoms. The molecule has 0 unspecified atom stereocenters. The summed E-state index contributed by atoms with van der Waals surface area (Å²) in [5, 5.41) is 56.8. The number of ether oxygens (including phenoxy) is 1. The first-order valence-electron chi connectivity index (χ1n) is 7.35. The lowest BCUT2D eigenvalue weighted by Crippen LogP contribution is -2.57. The van der Waals surface area contributed by atoms with Gasteiger partial charge in [-0.1, -0.05) is 6.07 Å². The van der Waals surface area contributed by atoms with Crippen LogP contribution in [0.2, 0.25) is 0 Å². The van der Waals surface area contributed by atoms with E-state index in [4.69, 9.17) is 4.74 Å². The van der Waals surface area contributed by atoms with Gasteiger partial charge in [-0.15, -0.1) is 0 Å². The average Bonchev–Trinajstić information content (AvgIpc) is 2.53. The Morgan fingerprint density at radius 2 is 1.68 bits per heavy atom. The quantitative estimate of drug-likeness (QED) is 0.234. The van der Waals surface area contributed by atoms with Gasteiger partial charge < -0.3 is 35.4 Å². The van der Waals surface area contributed by atoms with Crippen LogP contribution in [0.5, 0.6) is 11.5 Å². The van der Waals surface area contributed by atoms with Crippen LogP contribution in [0.4, 0.5) is 0 Å². The summed E-state index contributed by atoms with van der Waals surface area (Å²) in [5.74, 6) is -3.34. The molecule has 0 aliphatic heterocycles. The van der Waals surface area contributed by atoms with Gasteiger partial charge in [0.2, 0.25) is 5.60 Å². The Morgan fingerprint density at radius 1 is 1.08 bits per heavy atom. The summed E-state index contributed by atoms with van der Waals surface area (Å²) in [7, 11) is 0. The number of esters is 1. The van der Waals surface area contributed by atoms with Gasteiger partial charge in [0.25, 0.3) is 0 Å². The third kappa shape index (κ3) is 4.08. The van der Waals surface area contributed by atoms with Crippen LogP contribution in [-0.4, -0.2) is 66.5 Å². The number of aliphatic hydroxyl groups is 3. The summed E-state index contributed by atoms with van der Waals surface area (Å²) in [6.45, 7) is 0. The topological polar surface area (TPSA) is 165 Å². The monoisotopic (exact) mass is 354 g/mol. The summed E-state index contributed by atoms with van der Waals surface area (Å²) in [5.41, 5.74) is -1.83. The van der Waals surface area contributed by atoms with E-state index in [9.17, 15) is 40.2 Å². The van der Waals surface area contributed by atoms with Crippen LogP contribution in [-0.2, 0) is 14.3 Å². The van der Waals surface area contributed by atoms with Crippen molar-refractivity contribution in [3.05, 3.63) is 29.8 Å². The number of phenols is 2. The van der Waals surface area contributed by atoms with Crippen LogP contribution >= 0.6 is 0 Å². The number of benzene rings is 1. The standard InChI is InChI=1S/C16H18O9/c17-9-3-1-8(5-10(9)18)2-4-13(21)25-16(15(23)24)6-11(19)14(22)12(20)7-16/h1-5,11-12,14,17-20,22H,6-7H2,(H,23,24)/b4-2-/t11-,12-,14?,16?/m1/s1.